The molecule has 48 heavy (non-hydrogen) atoms. The number of benzene rings is 2. The van der Waals surface area contributed by atoms with Gasteiger partial charge < -0.3 is 13.8 Å². The third-order valence-corrected chi connectivity index (χ3v) is 9.57. The van der Waals surface area contributed by atoms with Gasteiger partial charge in [-0.15, -0.1) is 0 Å². The molecule has 0 saturated carbocycles. The molecular formula is C30H40F2N4O10P2. The van der Waals surface area contributed by atoms with Crippen molar-refractivity contribution in [2.45, 2.75) is 52.8 Å². The summed E-state index contributed by atoms with van der Waals surface area (Å²) in [6.45, 7) is 5.19. The lowest BCUT2D eigenvalue weighted by Gasteiger charge is -2.34. The van der Waals surface area contributed by atoms with E-state index in [0.29, 0.717) is 5.76 Å². The molecule has 0 aliphatic carbocycles. The Hall–Kier alpha value is -3.49. The van der Waals surface area contributed by atoms with Gasteiger partial charge in [-0.3, -0.25) is 33.3 Å². The molecular weight excluding hydrogens is 676 g/mol. The summed E-state index contributed by atoms with van der Waals surface area (Å²) in [6, 6.07) is 13.0. The van der Waals surface area contributed by atoms with Gasteiger partial charge in [-0.25, -0.2) is 23.6 Å². The molecule has 1 heterocycles. The van der Waals surface area contributed by atoms with Crippen molar-refractivity contribution in [3.63, 3.8) is 0 Å². The topological polar surface area (TPSA) is 168 Å². The summed E-state index contributed by atoms with van der Waals surface area (Å²) in [5, 5.41) is 7.29. The number of ether oxygens (including phenoxy) is 1. The lowest BCUT2D eigenvalue weighted by molar-refractivity contribution is -0.137. The van der Waals surface area contributed by atoms with Crippen molar-refractivity contribution in [3.05, 3.63) is 71.8 Å². The number of phosphoric acid groups is 1. The van der Waals surface area contributed by atoms with E-state index in [1.807, 2.05) is 6.07 Å². The lowest BCUT2D eigenvalue weighted by Crippen LogP contribution is -2.52. The van der Waals surface area contributed by atoms with Crippen LogP contribution in [0.1, 0.15) is 39.7 Å². The van der Waals surface area contributed by atoms with E-state index in [0.717, 1.165) is 16.6 Å². The number of hydrogen-bond donors (Lipinski definition) is 2. The molecule has 1 aromatic heterocycles. The summed E-state index contributed by atoms with van der Waals surface area (Å²) in [7, 11) is -6.92. The Morgan fingerprint density at radius 3 is 2.40 bits per heavy atom. The predicted molar refractivity (Wildman–Crippen MR) is 172 cm³/mol. The monoisotopic (exact) mass is 716 g/mol. The molecule has 264 valence electrons. The lowest BCUT2D eigenvalue weighted by atomic mass is 10.1. The van der Waals surface area contributed by atoms with Gasteiger partial charge in [0.2, 0.25) is 5.91 Å². The first-order valence-electron chi connectivity index (χ1n) is 15.1. The van der Waals surface area contributed by atoms with Crippen molar-refractivity contribution in [1.82, 2.24) is 15.6 Å². The van der Waals surface area contributed by atoms with Gasteiger partial charge >= 0.3 is 13.9 Å². The maximum Gasteiger partial charge on any atom is 0.475 e. The molecule has 14 nitrogen and oxygen atoms in total. The van der Waals surface area contributed by atoms with Gasteiger partial charge in [-0.05, 0) is 26.8 Å². The van der Waals surface area contributed by atoms with Crippen LogP contribution in [0.3, 0.4) is 0 Å². The fourth-order valence-electron chi connectivity index (χ4n) is 4.46. The van der Waals surface area contributed by atoms with E-state index >= 15 is 0 Å². The molecule has 3 rings (SSSR count). The molecule has 3 aromatic rings. The standard InChI is InChI=1S/C30H40F2N4O10P2/c1-5-42-47(39)20-25(46-48(40,43-6-2)44-7-3)16-24(36(21(4)37)33-18-23-14-11-15-26(31)29(23)32)19-41-30(38)34-28-17-27(45-35-28)22-12-9-8-10-13-22/h8-15,17,24-25,33,47H,5-7,16,18-20H2,1-4H3,(H,34,35,38). The first-order chi connectivity index (χ1) is 23.0. The molecule has 2 N–H and O–H groups in total. The highest BCUT2D eigenvalue weighted by Gasteiger charge is 2.35. The van der Waals surface area contributed by atoms with Crippen LogP contribution >= 0.6 is 15.9 Å². The Kier molecular flexibility index (Phi) is 15.8. The number of phosphoric ester groups is 1. The van der Waals surface area contributed by atoms with Crippen molar-refractivity contribution in [2.24, 2.45) is 0 Å². The van der Waals surface area contributed by atoms with Crippen LogP contribution in [0.5, 0.6) is 0 Å². The molecule has 18 heteroatoms. The molecule has 0 fully saturated rings. The number of rotatable bonds is 20. The fraction of sp³-hybridized carbons (Fsp3) is 0.433. The van der Waals surface area contributed by atoms with Crippen LogP contribution in [-0.4, -0.2) is 66.9 Å². The summed E-state index contributed by atoms with van der Waals surface area (Å²) in [5.41, 5.74) is 3.37. The Labute approximate surface area is 277 Å². The summed E-state index contributed by atoms with van der Waals surface area (Å²) in [4.78, 5) is 25.8. The molecule has 0 aliphatic heterocycles. The Morgan fingerprint density at radius 1 is 1.04 bits per heavy atom. The van der Waals surface area contributed by atoms with Crippen LogP contribution in [0.4, 0.5) is 19.4 Å². The zero-order valence-electron chi connectivity index (χ0n) is 27.0. The van der Waals surface area contributed by atoms with Gasteiger partial charge in [-0.2, -0.15) is 0 Å². The Bertz CT molecular complexity index is 1540. The molecule has 0 bridgehead atoms. The summed E-state index contributed by atoms with van der Waals surface area (Å²) in [5.74, 6) is -2.38. The molecule has 0 radical (unpaired) electrons. The number of nitrogens with zero attached hydrogens (tertiary/aromatic N) is 2. The third kappa shape index (κ3) is 12.2. The minimum Gasteiger partial charge on any atom is -0.447 e. The third-order valence-electron chi connectivity index (χ3n) is 6.47. The molecule has 2 amide bonds. The molecule has 0 spiro atoms. The largest absolute Gasteiger partial charge is 0.475 e. The van der Waals surface area contributed by atoms with Gasteiger partial charge in [0.15, 0.2) is 31.2 Å². The minimum atomic E-state index is -4.18. The van der Waals surface area contributed by atoms with Gasteiger partial charge in [-0.1, -0.05) is 47.6 Å². The average molecular weight is 717 g/mol. The number of carbonyl (C=O) groups is 2. The van der Waals surface area contributed by atoms with Crippen LogP contribution in [0, 0.1) is 11.6 Å². The van der Waals surface area contributed by atoms with E-state index < -0.39 is 58.2 Å². The highest BCUT2D eigenvalue weighted by Crippen LogP contribution is 2.51. The Balaban J connectivity index is 1.86. The quantitative estimate of drug-likeness (QED) is 0.0956. The predicted octanol–water partition coefficient (Wildman–Crippen LogP) is 6.56. The zero-order valence-corrected chi connectivity index (χ0v) is 28.9. The molecule has 0 saturated heterocycles. The first-order valence-corrected chi connectivity index (χ1v) is 18.1. The number of carbonyl (C=O) groups excluding carboxylic acids is 2. The molecule has 0 aliphatic rings. The zero-order chi connectivity index (χ0) is 35.1. The number of aromatic nitrogens is 1. The molecule has 3 atom stereocenters. The molecule has 3 unspecified atom stereocenters. The van der Waals surface area contributed by atoms with E-state index in [2.05, 4.69) is 15.9 Å². The van der Waals surface area contributed by atoms with Crippen LogP contribution in [0.25, 0.3) is 11.3 Å². The highest BCUT2D eigenvalue weighted by molar-refractivity contribution is 7.48. The van der Waals surface area contributed by atoms with E-state index in [1.54, 1.807) is 45.0 Å². The number of hydrazine groups is 1. The van der Waals surface area contributed by atoms with E-state index in [-0.39, 0.29) is 50.3 Å². The smallest absolute Gasteiger partial charge is 0.447 e. The number of anilines is 1. The fourth-order valence-corrected chi connectivity index (χ4v) is 7.01. The van der Waals surface area contributed by atoms with E-state index in [9.17, 15) is 27.5 Å². The van der Waals surface area contributed by atoms with Crippen LogP contribution in [0.2, 0.25) is 0 Å². The van der Waals surface area contributed by atoms with Gasteiger partial charge in [0.1, 0.15) is 6.61 Å². The highest BCUT2D eigenvalue weighted by atomic mass is 31.2. The van der Waals surface area contributed by atoms with Crippen LogP contribution in [0.15, 0.2) is 59.1 Å². The molecule has 2 aromatic carbocycles. The van der Waals surface area contributed by atoms with Crippen molar-refractivity contribution in [1.29, 1.82) is 0 Å². The van der Waals surface area contributed by atoms with Crippen molar-refractivity contribution < 1.29 is 54.9 Å². The van der Waals surface area contributed by atoms with Crippen LogP contribution < -0.4 is 10.7 Å². The maximum atomic E-state index is 14.4. The second-order valence-corrected chi connectivity index (χ2v) is 13.1. The normalized spacial score (nSPS) is 13.5. The van der Waals surface area contributed by atoms with Crippen molar-refractivity contribution >= 4 is 33.7 Å². The first kappa shape index (κ1) is 39.0. The van der Waals surface area contributed by atoms with Crippen molar-refractivity contribution in [2.75, 3.05) is 37.9 Å². The second-order valence-electron chi connectivity index (χ2n) is 10.0. The van der Waals surface area contributed by atoms with E-state index in [1.165, 1.54) is 25.1 Å². The SMILES string of the molecule is CCO[PH](=O)CC(CC(COC(=O)Nc1cc(-c2ccccc2)on1)N(NCc1cccc(F)c1F)C(C)=O)OP(=O)(OCC)OCC. The van der Waals surface area contributed by atoms with Crippen LogP contribution in [-0.2, 0) is 43.3 Å². The Morgan fingerprint density at radius 2 is 1.75 bits per heavy atom. The minimum absolute atomic E-state index is 0.0360. The van der Waals surface area contributed by atoms with E-state index in [4.69, 9.17) is 27.4 Å². The second kappa shape index (κ2) is 19.5. The van der Waals surface area contributed by atoms with Crippen molar-refractivity contribution in [3.8, 4) is 11.3 Å². The van der Waals surface area contributed by atoms with Gasteiger partial charge in [0, 0.05) is 43.2 Å². The maximum absolute atomic E-state index is 14.4. The number of amides is 2. The van der Waals surface area contributed by atoms with Gasteiger partial charge in [0.05, 0.1) is 32.0 Å². The summed E-state index contributed by atoms with van der Waals surface area (Å²) in [6.07, 6.45) is -2.66. The number of halogens is 2. The number of hydrogen-bond acceptors (Lipinski definition) is 12. The van der Waals surface area contributed by atoms with Gasteiger partial charge in [0.25, 0.3) is 0 Å². The summed E-state index contributed by atoms with van der Waals surface area (Å²) >= 11 is 0. The summed E-state index contributed by atoms with van der Waals surface area (Å²) < 4.78 is 86.6. The average Bonchev–Trinajstić information content (AvgIpc) is 3.50. The number of nitrogens with one attached hydrogen (secondary N) is 2.